The maximum absolute atomic E-state index is 13.2. The molecule has 1 aliphatic heterocycles. The number of likely N-dealkylation sites (N-methyl/N-ethyl adjacent to an activating group) is 1. The molecule has 3 aromatic rings. The smallest absolute Gasteiger partial charge is 0.244 e. The van der Waals surface area contributed by atoms with Crippen LogP contribution in [0.1, 0.15) is 16.8 Å². The first kappa shape index (κ1) is 19.6. The van der Waals surface area contributed by atoms with Crippen molar-refractivity contribution in [2.24, 2.45) is 0 Å². The summed E-state index contributed by atoms with van der Waals surface area (Å²) in [7, 11) is 1.83. The van der Waals surface area contributed by atoms with Gasteiger partial charge < -0.3 is 20.3 Å². The predicted octanol–water partition coefficient (Wildman–Crippen LogP) is 3.50. The Bertz CT molecular complexity index is 1070. The summed E-state index contributed by atoms with van der Waals surface area (Å²) in [5.74, 6) is 1.57. The summed E-state index contributed by atoms with van der Waals surface area (Å²) in [4.78, 5) is 22.5. The van der Waals surface area contributed by atoms with Crippen molar-refractivity contribution in [2.75, 3.05) is 29.1 Å². The monoisotopic (exact) mass is 407 g/mol. The molecule has 7 nitrogen and oxygen atoms in total. The number of nitrogens with one attached hydrogen (secondary N) is 2. The summed E-state index contributed by atoms with van der Waals surface area (Å²) in [6.07, 6.45) is 0. The number of anilines is 3. The lowest BCUT2D eigenvalue weighted by atomic mass is 10.2. The number of aryl methyl sites for hydroxylation is 1. The number of carbonyl (C=O) groups excluding carboxylic acids is 1. The van der Waals surface area contributed by atoms with Gasteiger partial charge in [-0.05, 0) is 42.3 Å². The summed E-state index contributed by atoms with van der Waals surface area (Å²) < 4.78 is 18.9. The first-order valence-electron chi connectivity index (χ1n) is 9.57. The minimum Gasteiger partial charge on any atom is -0.489 e. The highest BCUT2D eigenvalue weighted by atomic mass is 19.1. The van der Waals surface area contributed by atoms with Gasteiger partial charge in [0.25, 0.3) is 0 Å². The van der Waals surface area contributed by atoms with Crippen LogP contribution in [-0.2, 0) is 17.9 Å². The second-order valence-electron chi connectivity index (χ2n) is 7.15. The zero-order valence-electron chi connectivity index (χ0n) is 16.8. The SMILES string of the molecule is Cc1nc(NCc2ccc(OCc3cccc(F)c3)cc2)nc2c1NC(=O)CN2C. The van der Waals surface area contributed by atoms with Gasteiger partial charge in [-0.2, -0.15) is 4.98 Å². The zero-order valence-corrected chi connectivity index (χ0v) is 16.8. The van der Waals surface area contributed by atoms with Gasteiger partial charge in [-0.25, -0.2) is 9.37 Å². The van der Waals surface area contributed by atoms with Crippen LogP contribution in [0.5, 0.6) is 5.75 Å². The lowest BCUT2D eigenvalue weighted by Gasteiger charge is -2.27. The second-order valence-corrected chi connectivity index (χ2v) is 7.15. The summed E-state index contributed by atoms with van der Waals surface area (Å²) >= 11 is 0. The minimum atomic E-state index is -0.272. The largest absolute Gasteiger partial charge is 0.489 e. The van der Waals surface area contributed by atoms with Gasteiger partial charge in [0, 0.05) is 13.6 Å². The molecule has 8 heteroatoms. The van der Waals surface area contributed by atoms with E-state index in [4.69, 9.17) is 4.74 Å². The molecular formula is C22H22FN5O2. The molecule has 0 aliphatic carbocycles. The molecule has 1 aliphatic rings. The third-order valence-electron chi connectivity index (χ3n) is 4.75. The van der Waals surface area contributed by atoms with Crippen LogP contribution in [0.3, 0.4) is 0 Å². The van der Waals surface area contributed by atoms with Crippen LogP contribution in [-0.4, -0.2) is 29.5 Å². The van der Waals surface area contributed by atoms with Crippen molar-refractivity contribution in [3.05, 3.63) is 71.2 Å². The average molecular weight is 407 g/mol. The molecule has 0 saturated carbocycles. The number of hydrogen-bond donors (Lipinski definition) is 2. The fraction of sp³-hybridized carbons (Fsp3) is 0.227. The number of rotatable bonds is 6. The van der Waals surface area contributed by atoms with E-state index in [-0.39, 0.29) is 18.3 Å². The Morgan fingerprint density at radius 3 is 2.73 bits per heavy atom. The molecule has 2 heterocycles. The number of amides is 1. The van der Waals surface area contributed by atoms with E-state index in [1.807, 2.05) is 44.3 Å². The maximum atomic E-state index is 13.2. The lowest BCUT2D eigenvalue weighted by molar-refractivity contribution is -0.115. The highest BCUT2D eigenvalue weighted by Crippen LogP contribution is 2.29. The molecule has 4 rings (SSSR count). The van der Waals surface area contributed by atoms with Crippen LogP contribution < -0.4 is 20.3 Å². The topological polar surface area (TPSA) is 79.4 Å². The van der Waals surface area contributed by atoms with E-state index in [0.29, 0.717) is 42.0 Å². The van der Waals surface area contributed by atoms with Crippen LogP contribution in [0.25, 0.3) is 0 Å². The van der Waals surface area contributed by atoms with Gasteiger partial charge in [-0.1, -0.05) is 24.3 Å². The fourth-order valence-electron chi connectivity index (χ4n) is 3.21. The number of carbonyl (C=O) groups is 1. The van der Waals surface area contributed by atoms with E-state index >= 15 is 0 Å². The minimum absolute atomic E-state index is 0.0721. The molecule has 1 aromatic heterocycles. The number of hydrogen-bond acceptors (Lipinski definition) is 6. The van der Waals surface area contributed by atoms with Crippen molar-refractivity contribution in [3.63, 3.8) is 0 Å². The van der Waals surface area contributed by atoms with Crippen LogP contribution >= 0.6 is 0 Å². The van der Waals surface area contributed by atoms with E-state index in [1.54, 1.807) is 11.0 Å². The van der Waals surface area contributed by atoms with Crippen molar-refractivity contribution in [2.45, 2.75) is 20.1 Å². The normalized spacial score (nSPS) is 12.9. The van der Waals surface area contributed by atoms with Crippen molar-refractivity contribution >= 4 is 23.4 Å². The first-order chi connectivity index (χ1) is 14.5. The van der Waals surface area contributed by atoms with Crippen LogP contribution in [0.2, 0.25) is 0 Å². The number of ether oxygens (including phenoxy) is 1. The summed E-state index contributed by atoms with van der Waals surface area (Å²) in [5, 5.41) is 6.05. The Labute approximate surface area is 173 Å². The molecule has 0 atom stereocenters. The van der Waals surface area contributed by atoms with E-state index in [1.165, 1.54) is 12.1 Å². The molecule has 30 heavy (non-hydrogen) atoms. The van der Waals surface area contributed by atoms with Crippen molar-refractivity contribution in [1.29, 1.82) is 0 Å². The Morgan fingerprint density at radius 1 is 1.17 bits per heavy atom. The first-order valence-corrected chi connectivity index (χ1v) is 9.57. The van der Waals surface area contributed by atoms with E-state index < -0.39 is 0 Å². The Balaban J connectivity index is 1.37. The van der Waals surface area contributed by atoms with Crippen molar-refractivity contribution in [1.82, 2.24) is 9.97 Å². The predicted molar refractivity (Wildman–Crippen MR) is 113 cm³/mol. The van der Waals surface area contributed by atoms with Gasteiger partial charge >= 0.3 is 0 Å². The third kappa shape index (κ3) is 4.48. The van der Waals surface area contributed by atoms with Crippen LogP contribution in [0.15, 0.2) is 48.5 Å². The summed E-state index contributed by atoms with van der Waals surface area (Å²) in [5.41, 5.74) is 3.18. The fourth-order valence-corrected chi connectivity index (χ4v) is 3.21. The second kappa shape index (κ2) is 8.36. The van der Waals surface area contributed by atoms with Gasteiger partial charge in [0.2, 0.25) is 11.9 Å². The quantitative estimate of drug-likeness (QED) is 0.651. The number of aromatic nitrogens is 2. The summed E-state index contributed by atoms with van der Waals surface area (Å²) in [6.45, 7) is 2.95. The van der Waals surface area contributed by atoms with E-state index in [0.717, 1.165) is 11.1 Å². The molecule has 2 aromatic carbocycles. The number of halogens is 1. The molecule has 0 unspecified atom stereocenters. The van der Waals surface area contributed by atoms with Crippen molar-refractivity contribution < 1.29 is 13.9 Å². The molecule has 1 amide bonds. The molecule has 2 N–H and O–H groups in total. The lowest BCUT2D eigenvalue weighted by Crippen LogP contribution is -2.36. The summed E-state index contributed by atoms with van der Waals surface area (Å²) in [6, 6.07) is 14.0. The van der Waals surface area contributed by atoms with Gasteiger partial charge in [-0.15, -0.1) is 0 Å². The molecule has 154 valence electrons. The van der Waals surface area contributed by atoms with E-state index in [9.17, 15) is 9.18 Å². The Kier molecular flexibility index (Phi) is 5.47. The zero-order chi connectivity index (χ0) is 21.1. The standard InChI is InChI=1S/C22H22FN5O2/c1-14-20-21(28(2)12-19(29)26-20)27-22(25-14)24-11-15-6-8-18(9-7-15)30-13-16-4-3-5-17(23)10-16/h3-10H,11-13H2,1-2H3,(H,26,29)(H,24,25,27). The van der Waals surface area contributed by atoms with Gasteiger partial charge in [0.1, 0.15) is 23.9 Å². The van der Waals surface area contributed by atoms with Crippen LogP contribution in [0.4, 0.5) is 21.8 Å². The molecule has 0 fully saturated rings. The number of benzene rings is 2. The molecule has 0 saturated heterocycles. The maximum Gasteiger partial charge on any atom is 0.244 e. The van der Waals surface area contributed by atoms with E-state index in [2.05, 4.69) is 20.6 Å². The average Bonchev–Trinajstić information content (AvgIpc) is 2.72. The van der Waals surface area contributed by atoms with Gasteiger partial charge in [-0.3, -0.25) is 4.79 Å². The molecule has 0 spiro atoms. The molecular weight excluding hydrogens is 385 g/mol. The number of fused-ring (bicyclic) bond motifs is 1. The molecule has 0 radical (unpaired) electrons. The Morgan fingerprint density at radius 2 is 1.97 bits per heavy atom. The Hall–Kier alpha value is -3.68. The third-order valence-corrected chi connectivity index (χ3v) is 4.75. The highest BCUT2D eigenvalue weighted by Gasteiger charge is 2.23. The number of nitrogens with zero attached hydrogens (tertiary/aromatic N) is 3. The van der Waals surface area contributed by atoms with Gasteiger partial charge in [0.05, 0.1) is 12.2 Å². The van der Waals surface area contributed by atoms with Crippen LogP contribution in [0, 0.1) is 12.7 Å². The van der Waals surface area contributed by atoms with Crippen molar-refractivity contribution in [3.8, 4) is 5.75 Å². The molecule has 0 bridgehead atoms. The highest BCUT2D eigenvalue weighted by molar-refractivity contribution is 6.00. The van der Waals surface area contributed by atoms with Gasteiger partial charge in [0.15, 0.2) is 5.82 Å².